The fourth-order valence-corrected chi connectivity index (χ4v) is 3.77. The molecule has 2 aliphatic rings. The van der Waals surface area contributed by atoms with Crippen molar-refractivity contribution in [3.05, 3.63) is 0 Å². The molecule has 9 heteroatoms. The van der Waals surface area contributed by atoms with E-state index in [1.807, 2.05) is 0 Å². The molecule has 3 amide bonds. The van der Waals surface area contributed by atoms with Gasteiger partial charge in [-0.05, 0) is 51.1 Å². The van der Waals surface area contributed by atoms with E-state index >= 15 is 0 Å². The molecule has 2 rings (SSSR count). The van der Waals surface area contributed by atoms with E-state index in [1.54, 1.807) is 4.90 Å². The zero-order valence-corrected chi connectivity index (χ0v) is 15.6. The van der Waals surface area contributed by atoms with Crippen LogP contribution in [0.3, 0.4) is 0 Å². The highest BCUT2D eigenvalue weighted by molar-refractivity contribution is 5.82. The van der Waals surface area contributed by atoms with Crippen LogP contribution in [0.25, 0.3) is 0 Å². The quantitative estimate of drug-likeness (QED) is 0.319. The van der Waals surface area contributed by atoms with E-state index in [-0.39, 0.29) is 17.7 Å². The highest BCUT2D eigenvalue weighted by Gasteiger charge is 2.30. The second-order valence-corrected chi connectivity index (χ2v) is 7.35. The Morgan fingerprint density at radius 1 is 1.22 bits per heavy atom. The Morgan fingerprint density at radius 2 is 1.96 bits per heavy atom. The van der Waals surface area contributed by atoms with Crippen LogP contribution in [0.4, 0.5) is 0 Å². The normalized spacial score (nSPS) is 21.9. The summed E-state index contributed by atoms with van der Waals surface area (Å²) in [5, 5.41) is 17.0. The van der Waals surface area contributed by atoms with Crippen molar-refractivity contribution in [1.82, 2.24) is 20.9 Å². The Labute approximate surface area is 159 Å². The van der Waals surface area contributed by atoms with Crippen LogP contribution in [0.15, 0.2) is 0 Å². The van der Waals surface area contributed by atoms with Gasteiger partial charge in [0.05, 0.1) is 12.3 Å². The van der Waals surface area contributed by atoms with E-state index in [0.29, 0.717) is 38.3 Å². The number of aliphatic carboxylic acids is 1. The molecule has 0 aromatic carbocycles. The van der Waals surface area contributed by atoms with E-state index in [2.05, 4.69) is 16.0 Å². The minimum Gasteiger partial charge on any atom is -0.481 e. The number of piperidine rings is 2. The van der Waals surface area contributed by atoms with Crippen molar-refractivity contribution in [3.8, 4) is 0 Å². The van der Waals surface area contributed by atoms with Crippen LogP contribution in [0, 0.1) is 11.8 Å². The molecular formula is C18H30N4O5. The molecule has 2 fully saturated rings. The molecule has 2 heterocycles. The molecule has 2 atom stereocenters. The summed E-state index contributed by atoms with van der Waals surface area (Å²) in [5.41, 5.74) is 0. The molecule has 0 spiro atoms. The zero-order valence-electron chi connectivity index (χ0n) is 15.6. The summed E-state index contributed by atoms with van der Waals surface area (Å²) in [6.45, 7) is 3.02. The van der Waals surface area contributed by atoms with Crippen LogP contribution in [0.1, 0.15) is 44.9 Å². The smallest absolute Gasteiger partial charge is 0.307 e. The van der Waals surface area contributed by atoms with Crippen LogP contribution in [-0.2, 0) is 19.2 Å². The number of likely N-dealkylation sites (tertiary alicyclic amines) is 1. The molecule has 4 N–H and O–H groups in total. The molecule has 0 aliphatic carbocycles. The average Bonchev–Trinajstić information content (AvgIpc) is 2.66. The monoisotopic (exact) mass is 382 g/mol. The van der Waals surface area contributed by atoms with Gasteiger partial charge in [-0.2, -0.15) is 0 Å². The Hall–Kier alpha value is -2.16. The predicted molar refractivity (Wildman–Crippen MR) is 97.5 cm³/mol. The molecule has 0 bridgehead atoms. The maximum Gasteiger partial charge on any atom is 0.307 e. The molecule has 2 saturated heterocycles. The first-order chi connectivity index (χ1) is 13.0. The summed E-state index contributed by atoms with van der Waals surface area (Å²) in [6, 6.07) is 0. The highest BCUT2D eigenvalue weighted by atomic mass is 16.4. The van der Waals surface area contributed by atoms with Crippen LogP contribution in [-0.4, -0.2) is 66.5 Å². The minimum atomic E-state index is -1.12. The number of hydrogen-bond acceptors (Lipinski definition) is 5. The topological polar surface area (TPSA) is 128 Å². The lowest BCUT2D eigenvalue weighted by Crippen LogP contribution is -2.51. The van der Waals surface area contributed by atoms with Gasteiger partial charge < -0.3 is 26.0 Å². The molecular weight excluding hydrogens is 352 g/mol. The molecule has 0 saturated carbocycles. The third-order valence-electron chi connectivity index (χ3n) is 5.33. The Morgan fingerprint density at radius 3 is 2.63 bits per heavy atom. The lowest BCUT2D eigenvalue weighted by atomic mass is 9.92. The van der Waals surface area contributed by atoms with E-state index < -0.39 is 18.6 Å². The van der Waals surface area contributed by atoms with Crippen molar-refractivity contribution in [2.75, 3.05) is 26.2 Å². The molecule has 0 radical (unpaired) electrons. The van der Waals surface area contributed by atoms with Gasteiger partial charge in [0.25, 0.3) is 0 Å². The first-order valence-corrected chi connectivity index (χ1v) is 9.70. The molecule has 27 heavy (non-hydrogen) atoms. The van der Waals surface area contributed by atoms with E-state index in [9.17, 15) is 19.2 Å². The van der Waals surface area contributed by atoms with E-state index in [1.165, 1.54) is 0 Å². The van der Waals surface area contributed by atoms with Crippen LogP contribution in [0.2, 0.25) is 0 Å². The van der Waals surface area contributed by atoms with E-state index in [4.69, 9.17) is 5.11 Å². The highest BCUT2D eigenvalue weighted by Crippen LogP contribution is 2.21. The van der Waals surface area contributed by atoms with Crippen LogP contribution >= 0.6 is 0 Å². The summed E-state index contributed by atoms with van der Waals surface area (Å²) in [5.74, 6) is -1.16. The van der Waals surface area contributed by atoms with Gasteiger partial charge in [-0.25, -0.2) is 0 Å². The molecule has 0 aromatic rings. The van der Waals surface area contributed by atoms with Gasteiger partial charge in [0.2, 0.25) is 18.2 Å². The van der Waals surface area contributed by atoms with Gasteiger partial charge in [-0.15, -0.1) is 0 Å². The van der Waals surface area contributed by atoms with E-state index in [0.717, 1.165) is 38.8 Å². The number of nitrogens with zero attached hydrogens (tertiary/aromatic N) is 1. The van der Waals surface area contributed by atoms with Crippen molar-refractivity contribution in [3.63, 3.8) is 0 Å². The van der Waals surface area contributed by atoms with Crippen LogP contribution < -0.4 is 16.0 Å². The number of rotatable bonds is 9. The zero-order chi connectivity index (χ0) is 19.6. The van der Waals surface area contributed by atoms with Gasteiger partial charge in [0.15, 0.2) is 0 Å². The van der Waals surface area contributed by atoms with Crippen molar-refractivity contribution in [2.24, 2.45) is 11.8 Å². The summed E-state index contributed by atoms with van der Waals surface area (Å²) in [4.78, 5) is 48.1. The van der Waals surface area contributed by atoms with Gasteiger partial charge in [0.1, 0.15) is 6.17 Å². The largest absolute Gasteiger partial charge is 0.481 e. The number of carboxylic acid groups (broad SMARTS) is 1. The number of carboxylic acids is 1. The summed E-state index contributed by atoms with van der Waals surface area (Å²) in [7, 11) is 0. The van der Waals surface area contributed by atoms with Crippen molar-refractivity contribution in [1.29, 1.82) is 0 Å². The maximum absolute atomic E-state index is 12.5. The third kappa shape index (κ3) is 7.16. The summed E-state index contributed by atoms with van der Waals surface area (Å²) < 4.78 is 0. The lowest BCUT2D eigenvalue weighted by Gasteiger charge is -2.33. The fourth-order valence-electron chi connectivity index (χ4n) is 3.77. The molecule has 0 unspecified atom stereocenters. The van der Waals surface area contributed by atoms with Gasteiger partial charge >= 0.3 is 5.97 Å². The lowest BCUT2D eigenvalue weighted by molar-refractivity contribution is -0.138. The second kappa shape index (κ2) is 10.9. The van der Waals surface area contributed by atoms with Crippen molar-refractivity contribution < 1.29 is 24.3 Å². The summed E-state index contributed by atoms with van der Waals surface area (Å²) in [6.07, 6.45) is 4.01. The first-order valence-electron chi connectivity index (χ1n) is 9.70. The number of amides is 3. The molecule has 0 aromatic heterocycles. The van der Waals surface area contributed by atoms with Crippen molar-refractivity contribution in [2.45, 2.75) is 51.1 Å². The van der Waals surface area contributed by atoms with Gasteiger partial charge in [-0.3, -0.25) is 19.2 Å². The Balaban J connectivity index is 1.80. The number of carbonyl (C=O) groups is 4. The Kier molecular flexibility index (Phi) is 8.50. The standard InChI is InChI=1S/C18H30N4O5/c23-12-20-15(10-17(25)26)21-18(27)14-2-1-9-22(11-14)16(24)4-3-13-5-7-19-8-6-13/h12-15,19H,1-11H2,(H,20,23)(H,21,27)(H,25,26)/t14-,15+/m1/s1. The number of hydrogen-bond donors (Lipinski definition) is 4. The van der Waals surface area contributed by atoms with Gasteiger partial charge in [-0.1, -0.05) is 0 Å². The maximum atomic E-state index is 12.5. The molecule has 152 valence electrons. The third-order valence-corrected chi connectivity index (χ3v) is 5.33. The first kappa shape index (κ1) is 21.1. The predicted octanol–water partition coefficient (Wildman–Crippen LogP) is -0.332. The van der Waals surface area contributed by atoms with Crippen LogP contribution in [0.5, 0.6) is 0 Å². The number of nitrogens with one attached hydrogen (secondary N) is 3. The van der Waals surface area contributed by atoms with Gasteiger partial charge in [0, 0.05) is 19.5 Å². The molecule has 2 aliphatic heterocycles. The SMILES string of the molecule is O=CN[C@H](CC(=O)O)NC(=O)[C@@H]1CCCN(C(=O)CCC2CCNCC2)C1. The number of carbonyl (C=O) groups excluding carboxylic acids is 3. The Bertz CT molecular complexity index is 536. The summed E-state index contributed by atoms with van der Waals surface area (Å²) >= 11 is 0. The second-order valence-electron chi connectivity index (χ2n) is 7.35. The minimum absolute atomic E-state index is 0.0825. The average molecular weight is 382 g/mol. The van der Waals surface area contributed by atoms with Crippen molar-refractivity contribution >= 4 is 24.2 Å². The molecule has 9 nitrogen and oxygen atoms in total. The fraction of sp³-hybridized carbons (Fsp3) is 0.778.